The van der Waals surface area contributed by atoms with Crippen LogP contribution in [0.2, 0.25) is 0 Å². The Hall–Kier alpha value is -2.57. The van der Waals surface area contributed by atoms with Crippen LogP contribution >= 0.6 is 0 Å². The first-order chi connectivity index (χ1) is 14.1. The third kappa shape index (κ3) is 5.71. The predicted molar refractivity (Wildman–Crippen MR) is 110 cm³/mol. The second kappa shape index (κ2) is 10.3. The van der Waals surface area contributed by atoms with E-state index < -0.39 is 0 Å². The summed E-state index contributed by atoms with van der Waals surface area (Å²) >= 11 is 0. The van der Waals surface area contributed by atoms with Crippen LogP contribution < -0.4 is 5.32 Å². The molecule has 0 unspecified atom stereocenters. The predicted octanol–water partition coefficient (Wildman–Crippen LogP) is 3.26. The summed E-state index contributed by atoms with van der Waals surface area (Å²) in [5, 5.41) is 2.86. The van der Waals surface area contributed by atoms with Crippen LogP contribution in [0.5, 0.6) is 0 Å². The molecule has 158 valence electrons. The summed E-state index contributed by atoms with van der Waals surface area (Å²) in [7, 11) is 0. The maximum atomic E-state index is 12.5. The smallest absolute Gasteiger partial charge is 0.321 e. The molecule has 3 amide bonds. The molecule has 0 saturated carbocycles. The number of anilines is 1. The Balaban J connectivity index is 1.40. The number of ether oxygens (including phenoxy) is 1. The van der Waals surface area contributed by atoms with Crippen molar-refractivity contribution < 1.29 is 19.1 Å². The standard InChI is InChI=1S/C22H31N3O4/c1-2-19-10-6-7-13-25(19)20(26)16-29-21(27)17-11-14-24(15-12-17)22(28)23-18-8-4-3-5-9-18/h3-5,8-9,17,19H,2,6-7,10-16H2,1H3,(H,23,28)/t19-/m1/s1. The summed E-state index contributed by atoms with van der Waals surface area (Å²) in [6.45, 7) is 3.66. The van der Waals surface area contributed by atoms with Gasteiger partial charge in [0.25, 0.3) is 5.91 Å². The lowest BCUT2D eigenvalue weighted by Gasteiger charge is -2.35. The molecule has 1 aromatic carbocycles. The van der Waals surface area contributed by atoms with Crippen LogP contribution in [-0.4, -0.2) is 60.0 Å². The molecular weight excluding hydrogens is 370 g/mol. The van der Waals surface area contributed by atoms with Crippen LogP contribution in [-0.2, 0) is 14.3 Å². The fraction of sp³-hybridized carbons (Fsp3) is 0.591. The van der Waals surface area contributed by atoms with E-state index in [9.17, 15) is 14.4 Å². The molecule has 7 nitrogen and oxygen atoms in total. The summed E-state index contributed by atoms with van der Waals surface area (Å²) in [4.78, 5) is 40.8. The number of benzene rings is 1. The summed E-state index contributed by atoms with van der Waals surface area (Å²) in [5.41, 5.74) is 0.751. The van der Waals surface area contributed by atoms with Crippen molar-refractivity contribution in [3.8, 4) is 0 Å². The van der Waals surface area contributed by atoms with Crippen LogP contribution in [0.1, 0.15) is 45.4 Å². The Bertz CT molecular complexity index is 701. The summed E-state index contributed by atoms with van der Waals surface area (Å²) in [6, 6.07) is 9.41. The van der Waals surface area contributed by atoms with Gasteiger partial charge in [-0.2, -0.15) is 0 Å². The zero-order valence-electron chi connectivity index (χ0n) is 17.1. The Kier molecular flexibility index (Phi) is 7.49. The molecule has 0 aliphatic carbocycles. The van der Waals surface area contributed by atoms with Gasteiger partial charge >= 0.3 is 12.0 Å². The van der Waals surface area contributed by atoms with E-state index >= 15 is 0 Å². The van der Waals surface area contributed by atoms with Gasteiger partial charge in [-0.15, -0.1) is 0 Å². The summed E-state index contributed by atoms with van der Waals surface area (Å²) < 4.78 is 5.33. The second-order valence-electron chi connectivity index (χ2n) is 7.81. The second-order valence-corrected chi connectivity index (χ2v) is 7.81. The lowest BCUT2D eigenvalue weighted by atomic mass is 9.97. The normalized spacial score (nSPS) is 20.2. The van der Waals surface area contributed by atoms with Crippen LogP contribution in [0.3, 0.4) is 0 Å². The summed E-state index contributed by atoms with van der Waals surface area (Å²) in [6.07, 6.45) is 5.23. The van der Waals surface area contributed by atoms with Crippen molar-refractivity contribution in [3.05, 3.63) is 30.3 Å². The molecule has 7 heteroatoms. The molecule has 29 heavy (non-hydrogen) atoms. The van der Waals surface area contributed by atoms with E-state index in [1.165, 1.54) is 0 Å². The monoisotopic (exact) mass is 401 g/mol. The molecule has 0 spiro atoms. The van der Waals surface area contributed by atoms with Crippen LogP contribution in [0.15, 0.2) is 30.3 Å². The molecular formula is C22H31N3O4. The van der Waals surface area contributed by atoms with E-state index in [1.54, 1.807) is 4.90 Å². The van der Waals surface area contributed by atoms with Crippen LogP contribution in [0.25, 0.3) is 0 Å². The number of carbonyl (C=O) groups is 3. The molecule has 0 bridgehead atoms. The maximum Gasteiger partial charge on any atom is 0.321 e. The van der Waals surface area contributed by atoms with Gasteiger partial charge in [0.2, 0.25) is 0 Å². The Morgan fingerprint density at radius 3 is 2.45 bits per heavy atom. The average molecular weight is 402 g/mol. The molecule has 2 saturated heterocycles. The average Bonchev–Trinajstić information content (AvgIpc) is 2.78. The van der Waals surface area contributed by atoms with Gasteiger partial charge in [-0.3, -0.25) is 9.59 Å². The number of hydrogen-bond acceptors (Lipinski definition) is 4. The lowest BCUT2D eigenvalue weighted by Crippen LogP contribution is -2.46. The Morgan fingerprint density at radius 1 is 1.03 bits per heavy atom. The topological polar surface area (TPSA) is 79.0 Å². The van der Waals surface area contributed by atoms with Crippen LogP contribution in [0, 0.1) is 5.92 Å². The third-order valence-electron chi connectivity index (χ3n) is 5.90. The number of urea groups is 1. The molecule has 2 aliphatic rings. The number of piperidine rings is 2. The maximum absolute atomic E-state index is 12.5. The van der Waals surface area contributed by atoms with E-state index in [4.69, 9.17) is 4.74 Å². The van der Waals surface area contributed by atoms with Crippen molar-refractivity contribution in [3.63, 3.8) is 0 Å². The van der Waals surface area contributed by atoms with Gasteiger partial charge in [-0.1, -0.05) is 25.1 Å². The van der Waals surface area contributed by atoms with Gasteiger partial charge in [-0.25, -0.2) is 4.79 Å². The lowest BCUT2D eigenvalue weighted by molar-refractivity contribution is -0.157. The van der Waals surface area contributed by atoms with Crippen molar-refractivity contribution in [2.75, 3.05) is 31.6 Å². The first-order valence-corrected chi connectivity index (χ1v) is 10.7. The van der Waals surface area contributed by atoms with E-state index in [0.29, 0.717) is 25.9 Å². The highest BCUT2D eigenvalue weighted by Gasteiger charge is 2.30. The minimum Gasteiger partial charge on any atom is -0.455 e. The minimum atomic E-state index is -0.327. The van der Waals surface area contributed by atoms with Gasteiger partial charge in [0.1, 0.15) is 0 Å². The van der Waals surface area contributed by atoms with Gasteiger partial charge in [-0.05, 0) is 50.7 Å². The van der Waals surface area contributed by atoms with Crippen molar-refractivity contribution in [2.24, 2.45) is 5.92 Å². The van der Waals surface area contributed by atoms with Crippen molar-refractivity contribution in [2.45, 2.75) is 51.5 Å². The molecule has 2 heterocycles. The third-order valence-corrected chi connectivity index (χ3v) is 5.90. The van der Waals surface area contributed by atoms with Gasteiger partial charge in [0, 0.05) is 31.4 Å². The highest BCUT2D eigenvalue weighted by atomic mass is 16.5. The van der Waals surface area contributed by atoms with Gasteiger partial charge in [0.05, 0.1) is 5.92 Å². The Labute approximate surface area is 172 Å². The summed E-state index contributed by atoms with van der Waals surface area (Å²) in [5.74, 6) is -0.678. The number of nitrogens with zero attached hydrogens (tertiary/aromatic N) is 2. The number of para-hydroxylation sites is 1. The van der Waals surface area contributed by atoms with E-state index in [-0.39, 0.29) is 36.5 Å². The fourth-order valence-electron chi connectivity index (χ4n) is 4.13. The van der Waals surface area contributed by atoms with E-state index in [1.807, 2.05) is 35.2 Å². The van der Waals surface area contributed by atoms with Crippen LogP contribution in [0.4, 0.5) is 10.5 Å². The number of likely N-dealkylation sites (tertiary alicyclic amines) is 2. The zero-order chi connectivity index (χ0) is 20.6. The number of carbonyl (C=O) groups excluding carboxylic acids is 3. The Morgan fingerprint density at radius 2 is 1.76 bits per heavy atom. The molecule has 1 aromatic rings. The highest BCUT2D eigenvalue weighted by molar-refractivity contribution is 5.89. The number of hydrogen-bond donors (Lipinski definition) is 1. The van der Waals surface area contributed by atoms with Crippen molar-refractivity contribution in [1.29, 1.82) is 0 Å². The molecule has 1 atom stereocenters. The molecule has 2 aliphatic heterocycles. The molecule has 0 radical (unpaired) electrons. The largest absolute Gasteiger partial charge is 0.455 e. The highest BCUT2D eigenvalue weighted by Crippen LogP contribution is 2.21. The fourth-order valence-corrected chi connectivity index (χ4v) is 4.13. The first-order valence-electron chi connectivity index (χ1n) is 10.7. The number of rotatable bonds is 5. The zero-order valence-corrected chi connectivity index (χ0v) is 17.1. The SMILES string of the molecule is CC[C@@H]1CCCCN1C(=O)COC(=O)C1CCN(C(=O)Nc2ccccc2)CC1. The van der Waals surface area contributed by atoms with Crippen molar-refractivity contribution >= 4 is 23.6 Å². The van der Waals surface area contributed by atoms with E-state index in [0.717, 1.165) is 37.9 Å². The number of nitrogens with one attached hydrogen (secondary N) is 1. The molecule has 2 fully saturated rings. The molecule has 3 rings (SSSR count). The minimum absolute atomic E-state index is 0.0930. The quantitative estimate of drug-likeness (QED) is 0.768. The number of esters is 1. The number of amides is 3. The first kappa shape index (κ1) is 21.1. The van der Waals surface area contributed by atoms with Gasteiger partial charge < -0.3 is 19.9 Å². The van der Waals surface area contributed by atoms with Crippen molar-refractivity contribution in [1.82, 2.24) is 9.80 Å². The molecule has 0 aromatic heterocycles. The van der Waals surface area contributed by atoms with E-state index in [2.05, 4.69) is 12.2 Å². The van der Waals surface area contributed by atoms with Gasteiger partial charge in [0.15, 0.2) is 6.61 Å². The molecule has 1 N–H and O–H groups in total.